The number of hydrogen-bond donors (Lipinski definition) is 0. The van der Waals surface area contributed by atoms with Gasteiger partial charge in [-0.1, -0.05) is 43.2 Å². The van der Waals surface area contributed by atoms with Gasteiger partial charge in [0, 0.05) is 15.1 Å². The van der Waals surface area contributed by atoms with Crippen molar-refractivity contribution in [2.45, 2.75) is 32.1 Å². The fourth-order valence-corrected chi connectivity index (χ4v) is 2.51. The van der Waals surface area contributed by atoms with E-state index in [1.165, 1.54) is 41.2 Å². The van der Waals surface area contributed by atoms with Crippen LogP contribution in [0.4, 0.5) is 0 Å². The van der Waals surface area contributed by atoms with Gasteiger partial charge in [-0.2, -0.15) is 0 Å². The van der Waals surface area contributed by atoms with Crippen molar-refractivity contribution in [1.82, 2.24) is 0 Å². The van der Waals surface area contributed by atoms with Gasteiger partial charge in [0.05, 0.1) is 0 Å². The first-order chi connectivity index (χ1) is 7.36. The van der Waals surface area contributed by atoms with Crippen LogP contribution in [0.15, 0.2) is 24.3 Å². The number of halogens is 1. The molecule has 2 rings (SSSR count). The van der Waals surface area contributed by atoms with E-state index in [2.05, 4.69) is 58.7 Å². The molecule has 0 saturated heterocycles. The molecule has 1 heteroatoms. The van der Waals surface area contributed by atoms with Gasteiger partial charge in [-0.3, -0.25) is 0 Å². The Morgan fingerprint density at radius 3 is 2.53 bits per heavy atom. The third-order valence-corrected chi connectivity index (χ3v) is 3.83. The largest absolute Gasteiger partial charge is 0.0944 e. The van der Waals surface area contributed by atoms with Crippen LogP contribution in [0, 0.1) is 21.3 Å². The molecule has 0 amide bonds. The minimum Gasteiger partial charge on any atom is -0.0944 e. The normalized spacial score (nSPS) is 16.9. The standard InChI is InChI=1S/C14H15I/c15-14-9-5-4-8-13(14)11-10-12-6-2-1-3-7-12/h4-5,8-9,12H,1-3,6-7H2. The van der Waals surface area contributed by atoms with Gasteiger partial charge in [-0.15, -0.1) is 0 Å². The zero-order valence-corrected chi connectivity index (χ0v) is 11.0. The first kappa shape index (κ1) is 11.0. The Morgan fingerprint density at radius 2 is 1.80 bits per heavy atom. The maximum absolute atomic E-state index is 3.42. The van der Waals surface area contributed by atoms with E-state index in [4.69, 9.17) is 0 Å². The third-order valence-electron chi connectivity index (χ3n) is 2.89. The molecule has 0 nitrogen and oxygen atoms in total. The quantitative estimate of drug-likeness (QED) is 0.497. The van der Waals surface area contributed by atoms with Gasteiger partial charge in [0.25, 0.3) is 0 Å². The highest BCUT2D eigenvalue weighted by molar-refractivity contribution is 14.1. The Morgan fingerprint density at radius 1 is 1.07 bits per heavy atom. The summed E-state index contributed by atoms with van der Waals surface area (Å²) in [7, 11) is 0. The SMILES string of the molecule is Ic1ccccc1C#CC1CCCCC1. The second kappa shape index (κ2) is 5.55. The summed E-state index contributed by atoms with van der Waals surface area (Å²) in [5.74, 6) is 7.40. The number of hydrogen-bond acceptors (Lipinski definition) is 0. The summed E-state index contributed by atoms with van der Waals surface area (Å²) in [5.41, 5.74) is 1.18. The van der Waals surface area contributed by atoms with Crippen molar-refractivity contribution in [2.24, 2.45) is 5.92 Å². The molecular formula is C14H15I. The Labute approximate surface area is 106 Å². The molecule has 0 aromatic heterocycles. The van der Waals surface area contributed by atoms with Crippen LogP contribution in [0.1, 0.15) is 37.7 Å². The van der Waals surface area contributed by atoms with E-state index in [-0.39, 0.29) is 0 Å². The second-order valence-electron chi connectivity index (χ2n) is 4.08. The average Bonchev–Trinajstić information content (AvgIpc) is 2.29. The predicted octanol–water partition coefficient (Wildman–Crippen LogP) is 4.22. The van der Waals surface area contributed by atoms with E-state index in [9.17, 15) is 0 Å². The van der Waals surface area contributed by atoms with E-state index < -0.39 is 0 Å². The molecule has 0 unspecified atom stereocenters. The maximum Gasteiger partial charge on any atom is 0.0378 e. The first-order valence-electron chi connectivity index (χ1n) is 5.62. The molecule has 1 aromatic rings. The molecule has 1 aliphatic carbocycles. The van der Waals surface area contributed by atoms with Gasteiger partial charge < -0.3 is 0 Å². The number of rotatable bonds is 0. The first-order valence-corrected chi connectivity index (χ1v) is 6.70. The van der Waals surface area contributed by atoms with E-state index >= 15 is 0 Å². The van der Waals surface area contributed by atoms with Crippen LogP contribution in [0.25, 0.3) is 0 Å². The lowest BCUT2D eigenvalue weighted by atomic mass is 9.90. The van der Waals surface area contributed by atoms with Crippen molar-refractivity contribution >= 4 is 22.6 Å². The van der Waals surface area contributed by atoms with Crippen molar-refractivity contribution in [3.63, 3.8) is 0 Å². The molecule has 0 spiro atoms. The number of benzene rings is 1. The van der Waals surface area contributed by atoms with Gasteiger partial charge in [0.2, 0.25) is 0 Å². The average molecular weight is 310 g/mol. The molecule has 0 atom stereocenters. The molecule has 0 radical (unpaired) electrons. The molecule has 1 saturated carbocycles. The van der Waals surface area contributed by atoms with Crippen LogP contribution in [0.2, 0.25) is 0 Å². The summed E-state index contributed by atoms with van der Waals surface area (Å²) in [5, 5.41) is 0. The minimum atomic E-state index is 0.648. The smallest absolute Gasteiger partial charge is 0.0378 e. The summed E-state index contributed by atoms with van der Waals surface area (Å²) >= 11 is 2.35. The molecule has 15 heavy (non-hydrogen) atoms. The summed E-state index contributed by atoms with van der Waals surface area (Å²) in [4.78, 5) is 0. The Kier molecular flexibility index (Phi) is 4.08. The predicted molar refractivity (Wildman–Crippen MR) is 72.6 cm³/mol. The van der Waals surface area contributed by atoms with E-state index in [0.29, 0.717) is 5.92 Å². The second-order valence-corrected chi connectivity index (χ2v) is 5.25. The van der Waals surface area contributed by atoms with E-state index in [1.54, 1.807) is 0 Å². The summed E-state index contributed by atoms with van der Waals surface area (Å²) in [6.07, 6.45) is 6.74. The van der Waals surface area contributed by atoms with Crippen molar-refractivity contribution < 1.29 is 0 Å². The molecule has 1 aliphatic rings. The third kappa shape index (κ3) is 3.24. The van der Waals surface area contributed by atoms with Crippen molar-refractivity contribution in [3.8, 4) is 11.8 Å². The monoisotopic (exact) mass is 310 g/mol. The van der Waals surface area contributed by atoms with Gasteiger partial charge in [-0.25, -0.2) is 0 Å². The molecule has 0 heterocycles. The lowest BCUT2D eigenvalue weighted by molar-refractivity contribution is 0.430. The molecule has 1 aromatic carbocycles. The van der Waals surface area contributed by atoms with Gasteiger partial charge in [0.15, 0.2) is 0 Å². The molecular weight excluding hydrogens is 295 g/mol. The van der Waals surface area contributed by atoms with E-state index in [1.807, 2.05) is 0 Å². The van der Waals surface area contributed by atoms with Gasteiger partial charge >= 0.3 is 0 Å². The zero-order valence-electron chi connectivity index (χ0n) is 8.80. The molecule has 0 bridgehead atoms. The van der Waals surface area contributed by atoms with Crippen molar-refractivity contribution in [1.29, 1.82) is 0 Å². The fourth-order valence-electron chi connectivity index (χ4n) is 1.99. The van der Waals surface area contributed by atoms with E-state index in [0.717, 1.165) is 0 Å². The molecule has 1 fully saturated rings. The Balaban J connectivity index is 2.07. The molecule has 78 valence electrons. The molecule has 0 aliphatic heterocycles. The molecule has 0 N–H and O–H groups in total. The van der Waals surface area contributed by atoms with Crippen LogP contribution in [-0.4, -0.2) is 0 Å². The van der Waals surface area contributed by atoms with Crippen LogP contribution in [0.5, 0.6) is 0 Å². The van der Waals surface area contributed by atoms with Gasteiger partial charge in [-0.05, 0) is 47.6 Å². The fraction of sp³-hybridized carbons (Fsp3) is 0.429. The summed E-state index contributed by atoms with van der Waals surface area (Å²) < 4.78 is 1.26. The van der Waals surface area contributed by atoms with Crippen LogP contribution >= 0.6 is 22.6 Å². The minimum absolute atomic E-state index is 0.648. The zero-order chi connectivity index (χ0) is 10.5. The van der Waals surface area contributed by atoms with Crippen LogP contribution in [0.3, 0.4) is 0 Å². The Hall–Kier alpha value is -0.490. The van der Waals surface area contributed by atoms with Crippen LogP contribution < -0.4 is 0 Å². The topological polar surface area (TPSA) is 0 Å². The van der Waals surface area contributed by atoms with Crippen molar-refractivity contribution in [2.75, 3.05) is 0 Å². The van der Waals surface area contributed by atoms with Crippen LogP contribution in [-0.2, 0) is 0 Å². The maximum atomic E-state index is 3.42. The lowest BCUT2D eigenvalue weighted by Crippen LogP contribution is -2.03. The lowest BCUT2D eigenvalue weighted by Gasteiger charge is -2.15. The summed E-state index contributed by atoms with van der Waals surface area (Å²) in [6, 6.07) is 8.35. The highest BCUT2D eigenvalue weighted by Crippen LogP contribution is 2.23. The highest BCUT2D eigenvalue weighted by Gasteiger charge is 2.09. The van der Waals surface area contributed by atoms with Crippen molar-refractivity contribution in [3.05, 3.63) is 33.4 Å². The highest BCUT2D eigenvalue weighted by atomic mass is 127. The summed E-state index contributed by atoms with van der Waals surface area (Å²) in [6.45, 7) is 0. The Bertz CT molecular complexity index is 378. The van der Waals surface area contributed by atoms with Gasteiger partial charge in [0.1, 0.15) is 0 Å².